The lowest BCUT2D eigenvalue weighted by atomic mass is 10.0. The second-order valence-electron chi connectivity index (χ2n) is 6.60. The number of nitrogens with zero attached hydrogens (tertiary/aromatic N) is 2. The summed E-state index contributed by atoms with van der Waals surface area (Å²) in [4.78, 5) is 38.1. The molecule has 10 nitrogen and oxygen atoms in total. The highest BCUT2D eigenvalue weighted by Crippen LogP contribution is 2.44. The molecule has 1 aromatic heterocycles. The van der Waals surface area contributed by atoms with Crippen molar-refractivity contribution in [3.63, 3.8) is 0 Å². The summed E-state index contributed by atoms with van der Waals surface area (Å²) in [6.07, 6.45) is -2.49. The Hall–Kier alpha value is -3.05. The summed E-state index contributed by atoms with van der Waals surface area (Å²) >= 11 is 0. The molecule has 0 saturated carbocycles. The summed E-state index contributed by atoms with van der Waals surface area (Å²) in [7, 11) is 0. The molecule has 0 saturated heterocycles. The Labute approximate surface area is 195 Å². The van der Waals surface area contributed by atoms with Gasteiger partial charge in [-0.3, -0.25) is 14.6 Å². The Kier molecular flexibility index (Phi) is 9.28. The number of rotatable bonds is 7. The van der Waals surface area contributed by atoms with E-state index in [-0.39, 0.29) is 79.5 Å². The number of benzene rings is 2. The molecule has 0 bridgehead atoms. The fourth-order valence-electron chi connectivity index (χ4n) is 3.50. The third kappa shape index (κ3) is 4.73. The molecule has 3 rings (SSSR count). The summed E-state index contributed by atoms with van der Waals surface area (Å²) < 4.78 is 5.75. The number of furan rings is 1. The first-order valence-electron chi connectivity index (χ1n) is 9.22. The van der Waals surface area contributed by atoms with Gasteiger partial charge >= 0.3 is 12.2 Å². The van der Waals surface area contributed by atoms with Gasteiger partial charge in [-0.1, -0.05) is 24.3 Å². The first kappa shape index (κ1) is 27.0. The van der Waals surface area contributed by atoms with Gasteiger partial charge < -0.3 is 26.1 Å². The van der Waals surface area contributed by atoms with Crippen LogP contribution in [-0.2, 0) is 0 Å². The number of anilines is 2. The number of halogens is 2. The molecule has 1 heterocycles. The van der Waals surface area contributed by atoms with E-state index < -0.39 is 12.2 Å². The normalized spacial score (nSPS) is 10.3. The summed E-state index contributed by atoms with van der Waals surface area (Å²) in [6.45, 7) is 1.41. The van der Waals surface area contributed by atoms with Crippen LogP contribution in [-0.4, -0.2) is 54.4 Å². The first-order chi connectivity index (χ1) is 14.3. The third-order valence-electron chi connectivity index (χ3n) is 4.69. The monoisotopic (exact) mass is 486 g/mol. The van der Waals surface area contributed by atoms with Gasteiger partial charge in [0.25, 0.3) is 0 Å². The van der Waals surface area contributed by atoms with E-state index in [0.29, 0.717) is 16.2 Å². The summed E-state index contributed by atoms with van der Waals surface area (Å²) in [5, 5.41) is 20.8. The van der Waals surface area contributed by atoms with Gasteiger partial charge in [0.05, 0.1) is 11.4 Å². The maximum Gasteiger partial charge on any atom is 0.412 e. The van der Waals surface area contributed by atoms with Crippen molar-refractivity contribution in [3.8, 4) is 0 Å². The predicted octanol–water partition coefficient (Wildman–Crippen LogP) is 3.52. The largest absolute Gasteiger partial charge is 0.465 e. The molecule has 12 heteroatoms. The van der Waals surface area contributed by atoms with E-state index in [1.165, 1.54) is 13.0 Å². The van der Waals surface area contributed by atoms with E-state index >= 15 is 0 Å². The minimum atomic E-state index is -1.25. The molecule has 0 aliphatic rings. The smallest absolute Gasteiger partial charge is 0.412 e. The molecule has 0 unspecified atom stereocenters. The van der Waals surface area contributed by atoms with Gasteiger partial charge in [-0.2, -0.15) is 0 Å². The van der Waals surface area contributed by atoms with E-state index in [0.717, 1.165) is 9.80 Å². The molecule has 2 aromatic carbocycles. The van der Waals surface area contributed by atoms with E-state index in [9.17, 15) is 24.6 Å². The number of carboxylic acid groups (broad SMARTS) is 2. The van der Waals surface area contributed by atoms with Gasteiger partial charge in [0.1, 0.15) is 0 Å². The maximum absolute atomic E-state index is 12.0. The van der Waals surface area contributed by atoms with Crippen LogP contribution < -0.4 is 21.3 Å². The Balaban J connectivity index is 0.00000256. The molecule has 2 amide bonds. The SMILES string of the molecule is CC(=O)c1cc2c(N(CCN)C(=O)O)c3ccccc3c(N(CCN)C(=O)O)c2o1.Cl.Cl. The highest BCUT2D eigenvalue weighted by molar-refractivity contribution is 6.23. The number of carbonyl (C=O) groups is 3. The van der Waals surface area contributed by atoms with Crippen LogP contribution in [0.2, 0.25) is 0 Å². The summed E-state index contributed by atoms with van der Waals surface area (Å²) in [5.74, 6) is -0.396. The maximum atomic E-state index is 12.0. The minimum absolute atomic E-state index is 0. The lowest BCUT2D eigenvalue weighted by Crippen LogP contribution is -2.36. The molecule has 0 radical (unpaired) electrons. The van der Waals surface area contributed by atoms with Gasteiger partial charge in [-0.15, -0.1) is 24.8 Å². The van der Waals surface area contributed by atoms with Gasteiger partial charge in [-0.25, -0.2) is 9.59 Å². The lowest BCUT2D eigenvalue weighted by Gasteiger charge is -2.25. The standard InChI is InChI=1S/C20H22N4O6.2ClH/c1-11(25)15-10-14-16(23(8-6-21)19(26)27)12-4-2-3-5-13(12)17(18(14)30-15)24(9-7-22)20(28)29;;/h2-5,10H,6-9,21-22H2,1H3,(H,26,27)(H,28,29);2*1H. The lowest BCUT2D eigenvalue weighted by molar-refractivity contribution is 0.0989. The number of fused-ring (bicyclic) bond motifs is 2. The van der Waals surface area contributed by atoms with Crippen molar-refractivity contribution in [3.05, 3.63) is 36.1 Å². The molecule has 174 valence electrons. The van der Waals surface area contributed by atoms with Crippen LogP contribution >= 0.6 is 24.8 Å². The van der Waals surface area contributed by atoms with E-state index in [2.05, 4.69) is 0 Å². The third-order valence-corrected chi connectivity index (χ3v) is 4.69. The molecular formula is C20H24Cl2N4O6. The van der Waals surface area contributed by atoms with Crippen LogP contribution in [0.1, 0.15) is 17.5 Å². The topological polar surface area (TPSA) is 163 Å². The van der Waals surface area contributed by atoms with Gasteiger partial charge in [0.15, 0.2) is 17.1 Å². The van der Waals surface area contributed by atoms with Crippen molar-refractivity contribution in [2.75, 3.05) is 36.0 Å². The van der Waals surface area contributed by atoms with Crippen molar-refractivity contribution < 1.29 is 29.0 Å². The van der Waals surface area contributed by atoms with Crippen LogP contribution in [0, 0.1) is 0 Å². The molecule has 6 N–H and O–H groups in total. The number of Topliss-reactive ketones (excluding diaryl/α,β-unsaturated/α-hetero) is 1. The van der Waals surface area contributed by atoms with Crippen molar-refractivity contribution >= 4 is 75.9 Å². The molecule has 3 aromatic rings. The highest BCUT2D eigenvalue weighted by Gasteiger charge is 2.29. The first-order valence-corrected chi connectivity index (χ1v) is 9.22. The summed E-state index contributed by atoms with van der Waals surface area (Å²) in [6, 6.07) is 8.19. The van der Waals surface area contributed by atoms with E-state index in [1.807, 2.05) is 0 Å². The quantitative estimate of drug-likeness (QED) is 0.291. The van der Waals surface area contributed by atoms with Crippen LogP contribution in [0.25, 0.3) is 21.7 Å². The van der Waals surface area contributed by atoms with Gasteiger partial charge in [0.2, 0.25) is 0 Å². The van der Waals surface area contributed by atoms with Gasteiger partial charge in [-0.05, 0) is 6.07 Å². The van der Waals surface area contributed by atoms with Crippen LogP contribution in [0.4, 0.5) is 21.0 Å². The fraction of sp³-hybridized carbons (Fsp3) is 0.250. The molecule has 0 fully saturated rings. The number of hydrogen-bond acceptors (Lipinski definition) is 6. The molecule has 32 heavy (non-hydrogen) atoms. The molecule has 0 atom stereocenters. The van der Waals surface area contributed by atoms with Gasteiger partial charge in [0, 0.05) is 49.3 Å². The highest BCUT2D eigenvalue weighted by atomic mass is 35.5. The number of nitrogens with two attached hydrogens (primary N) is 2. The summed E-state index contributed by atoms with van der Waals surface area (Å²) in [5.41, 5.74) is 11.8. The zero-order valence-corrected chi connectivity index (χ0v) is 18.7. The number of carbonyl (C=O) groups excluding carboxylic acids is 1. The van der Waals surface area contributed by atoms with Crippen LogP contribution in [0.15, 0.2) is 34.7 Å². The van der Waals surface area contributed by atoms with E-state index in [4.69, 9.17) is 15.9 Å². The van der Waals surface area contributed by atoms with Crippen LogP contribution in [0.5, 0.6) is 0 Å². The number of amides is 2. The number of hydrogen-bond donors (Lipinski definition) is 4. The van der Waals surface area contributed by atoms with Crippen molar-refractivity contribution in [2.45, 2.75) is 6.92 Å². The van der Waals surface area contributed by atoms with E-state index in [1.54, 1.807) is 24.3 Å². The zero-order valence-electron chi connectivity index (χ0n) is 17.1. The molecule has 0 spiro atoms. The fourth-order valence-corrected chi connectivity index (χ4v) is 3.50. The van der Waals surface area contributed by atoms with Crippen LogP contribution in [0.3, 0.4) is 0 Å². The van der Waals surface area contributed by atoms with Crippen molar-refractivity contribution in [2.24, 2.45) is 11.5 Å². The Bertz CT molecular complexity index is 1070. The Morgan fingerprint density at radius 1 is 0.875 bits per heavy atom. The molecule has 0 aliphatic carbocycles. The second kappa shape index (κ2) is 11.0. The Morgan fingerprint density at radius 3 is 1.78 bits per heavy atom. The average Bonchev–Trinajstić information content (AvgIpc) is 3.14. The second-order valence-corrected chi connectivity index (χ2v) is 6.60. The number of ketones is 1. The van der Waals surface area contributed by atoms with Crippen molar-refractivity contribution in [1.29, 1.82) is 0 Å². The zero-order chi connectivity index (χ0) is 22.0. The molecule has 0 aliphatic heterocycles. The van der Waals surface area contributed by atoms with Crippen molar-refractivity contribution in [1.82, 2.24) is 0 Å². The Morgan fingerprint density at radius 2 is 1.34 bits per heavy atom. The average molecular weight is 487 g/mol. The minimum Gasteiger partial charge on any atom is -0.465 e. The predicted molar refractivity (Wildman–Crippen MR) is 127 cm³/mol. The molecular weight excluding hydrogens is 463 g/mol.